The third-order valence-electron chi connectivity index (χ3n) is 7.39. The van der Waals surface area contributed by atoms with Gasteiger partial charge < -0.3 is 14.8 Å². The van der Waals surface area contributed by atoms with Crippen molar-refractivity contribution >= 4 is 17.7 Å². The molecule has 0 radical (unpaired) electrons. The average Bonchev–Trinajstić information content (AvgIpc) is 3.25. The summed E-state index contributed by atoms with van der Waals surface area (Å²) in [7, 11) is 0. The number of ether oxygens (including phenoxy) is 2. The van der Waals surface area contributed by atoms with E-state index in [0.717, 1.165) is 30.5 Å². The Morgan fingerprint density at radius 2 is 1.74 bits per heavy atom. The topological polar surface area (TPSA) is 130 Å². The maximum absolute atomic E-state index is 15.2. The number of hydrogen-bond donors (Lipinski definition) is 1. The van der Waals surface area contributed by atoms with Crippen molar-refractivity contribution in [3.05, 3.63) is 105 Å². The number of halogens is 4. The molecule has 244 valence electrons. The molecule has 0 bridgehead atoms. The van der Waals surface area contributed by atoms with E-state index in [1.807, 2.05) is 0 Å². The standard InChI is InChI=1S/C32H34F4N6O4/c1-31(2,3)46-30(44)42-23(17-45-32(42,4)5)10-11-24-25(36)15-38-16-26(24)39-29(43)28(40-41-37)27(18-6-8-20(33)9-7-18)19-12-21(34)14-22(35)13-19/h6-9,12-16,23,27-28H,10-11,17H2,1-5H3,(H,39,43). The van der Waals surface area contributed by atoms with Crippen LogP contribution in [0, 0.1) is 23.3 Å². The molecule has 2 heterocycles. The van der Waals surface area contributed by atoms with Gasteiger partial charge in [0, 0.05) is 22.5 Å². The number of hydrogen-bond acceptors (Lipinski definition) is 6. The third kappa shape index (κ3) is 8.12. The summed E-state index contributed by atoms with van der Waals surface area (Å²) in [5.74, 6) is -5.44. The van der Waals surface area contributed by atoms with Crippen LogP contribution in [0.15, 0.2) is 60.0 Å². The van der Waals surface area contributed by atoms with E-state index in [1.165, 1.54) is 23.2 Å². The fourth-order valence-electron chi connectivity index (χ4n) is 5.43. The summed E-state index contributed by atoms with van der Waals surface area (Å²) >= 11 is 0. The quantitative estimate of drug-likeness (QED) is 0.113. The second-order valence-electron chi connectivity index (χ2n) is 12.3. The van der Waals surface area contributed by atoms with E-state index in [0.29, 0.717) is 6.07 Å². The Bertz CT molecular complexity index is 1620. The van der Waals surface area contributed by atoms with Crippen molar-refractivity contribution in [2.24, 2.45) is 5.11 Å². The highest BCUT2D eigenvalue weighted by atomic mass is 19.1. The Balaban J connectivity index is 1.64. The molecule has 1 fully saturated rings. The first-order valence-electron chi connectivity index (χ1n) is 14.4. The number of amides is 2. The van der Waals surface area contributed by atoms with E-state index in [-0.39, 0.29) is 41.8 Å². The third-order valence-corrected chi connectivity index (χ3v) is 7.39. The molecular formula is C32H34F4N6O4. The van der Waals surface area contributed by atoms with E-state index >= 15 is 4.39 Å². The molecule has 1 saturated heterocycles. The van der Waals surface area contributed by atoms with Gasteiger partial charge in [-0.3, -0.25) is 14.7 Å². The Morgan fingerprint density at radius 3 is 2.35 bits per heavy atom. The molecule has 2 amide bonds. The summed E-state index contributed by atoms with van der Waals surface area (Å²) in [6.45, 7) is 8.80. The van der Waals surface area contributed by atoms with Crippen molar-refractivity contribution < 1.29 is 36.6 Å². The molecule has 3 unspecified atom stereocenters. The fourth-order valence-corrected chi connectivity index (χ4v) is 5.43. The number of pyridine rings is 1. The molecule has 14 heteroatoms. The summed E-state index contributed by atoms with van der Waals surface area (Å²) < 4.78 is 69.0. The average molecular weight is 643 g/mol. The maximum Gasteiger partial charge on any atom is 0.412 e. The summed E-state index contributed by atoms with van der Waals surface area (Å²) in [5.41, 5.74) is 7.79. The maximum atomic E-state index is 15.2. The minimum atomic E-state index is -1.65. The predicted octanol–water partition coefficient (Wildman–Crippen LogP) is 7.39. The number of carbonyl (C=O) groups excluding carboxylic acids is 2. The van der Waals surface area contributed by atoms with Gasteiger partial charge in [0.1, 0.15) is 40.6 Å². The first-order valence-corrected chi connectivity index (χ1v) is 14.4. The number of carbonyl (C=O) groups is 2. The Morgan fingerprint density at radius 1 is 1.09 bits per heavy atom. The number of nitrogens with zero attached hydrogens (tertiary/aromatic N) is 5. The number of rotatable bonds is 9. The highest BCUT2D eigenvalue weighted by molar-refractivity contribution is 5.96. The lowest BCUT2D eigenvalue weighted by atomic mass is 9.84. The van der Waals surface area contributed by atoms with Gasteiger partial charge in [0.15, 0.2) is 0 Å². The molecule has 3 aromatic rings. The minimum absolute atomic E-state index is 0.0239. The first-order chi connectivity index (χ1) is 21.6. The van der Waals surface area contributed by atoms with Crippen LogP contribution < -0.4 is 5.32 Å². The normalized spacial score (nSPS) is 17.2. The zero-order valence-corrected chi connectivity index (χ0v) is 25.9. The van der Waals surface area contributed by atoms with E-state index in [2.05, 4.69) is 20.3 Å². The van der Waals surface area contributed by atoms with Gasteiger partial charge in [-0.2, -0.15) is 0 Å². The van der Waals surface area contributed by atoms with Gasteiger partial charge >= 0.3 is 6.09 Å². The monoisotopic (exact) mass is 642 g/mol. The van der Waals surface area contributed by atoms with Crippen molar-refractivity contribution in [2.45, 2.75) is 76.8 Å². The lowest BCUT2D eigenvalue weighted by Crippen LogP contribution is -2.50. The Kier molecular flexibility index (Phi) is 10.2. The lowest BCUT2D eigenvalue weighted by Gasteiger charge is -2.35. The smallest absolute Gasteiger partial charge is 0.412 e. The number of benzene rings is 2. The zero-order valence-electron chi connectivity index (χ0n) is 25.9. The van der Waals surface area contributed by atoms with Crippen LogP contribution in [0.5, 0.6) is 0 Å². The van der Waals surface area contributed by atoms with Gasteiger partial charge in [-0.1, -0.05) is 17.2 Å². The SMILES string of the molecule is CC(C)(C)OC(=O)N1C(CCc2c(F)cncc2NC(=O)C(N=[N+]=[N-])C(c2ccc(F)cc2)c2cc(F)cc(F)c2)COC1(C)C. The van der Waals surface area contributed by atoms with E-state index in [9.17, 15) is 28.3 Å². The molecule has 0 aliphatic carbocycles. The van der Waals surface area contributed by atoms with Crippen LogP contribution in [0.4, 0.5) is 28.0 Å². The second-order valence-corrected chi connectivity index (χ2v) is 12.3. The molecule has 3 atom stereocenters. The van der Waals surface area contributed by atoms with Crippen LogP contribution >= 0.6 is 0 Å². The van der Waals surface area contributed by atoms with Crippen molar-refractivity contribution in [2.75, 3.05) is 11.9 Å². The summed E-state index contributed by atoms with van der Waals surface area (Å²) in [6, 6.07) is 5.21. The molecule has 0 spiro atoms. The van der Waals surface area contributed by atoms with Gasteiger partial charge in [0.2, 0.25) is 5.91 Å². The molecule has 1 N–H and O–H groups in total. The van der Waals surface area contributed by atoms with Gasteiger partial charge in [0.25, 0.3) is 0 Å². The van der Waals surface area contributed by atoms with E-state index < -0.39 is 64.6 Å². The van der Waals surface area contributed by atoms with Gasteiger partial charge in [-0.25, -0.2) is 22.4 Å². The molecule has 1 aromatic heterocycles. The zero-order chi connectivity index (χ0) is 33.8. The van der Waals surface area contributed by atoms with Crippen molar-refractivity contribution in [1.82, 2.24) is 9.88 Å². The van der Waals surface area contributed by atoms with Crippen LogP contribution in [0.1, 0.15) is 63.6 Å². The number of nitrogens with one attached hydrogen (secondary N) is 1. The number of anilines is 1. The minimum Gasteiger partial charge on any atom is -0.444 e. The van der Waals surface area contributed by atoms with Crippen LogP contribution in [0.25, 0.3) is 10.4 Å². The predicted molar refractivity (Wildman–Crippen MR) is 161 cm³/mol. The molecule has 1 aliphatic heterocycles. The van der Waals surface area contributed by atoms with Crippen LogP contribution in [-0.2, 0) is 20.7 Å². The van der Waals surface area contributed by atoms with Crippen molar-refractivity contribution in [3.63, 3.8) is 0 Å². The van der Waals surface area contributed by atoms with Crippen LogP contribution in [0.3, 0.4) is 0 Å². The highest BCUT2D eigenvalue weighted by Gasteiger charge is 2.45. The summed E-state index contributed by atoms with van der Waals surface area (Å²) in [4.78, 5) is 34.9. The largest absolute Gasteiger partial charge is 0.444 e. The molecule has 46 heavy (non-hydrogen) atoms. The van der Waals surface area contributed by atoms with E-state index in [4.69, 9.17) is 9.47 Å². The molecule has 10 nitrogen and oxygen atoms in total. The van der Waals surface area contributed by atoms with Gasteiger partial charge in [-0.05, 0) is 88.4 Å². The Hall–Kier alpha value is -4.68. The lowest BCUT2D eigenvalue weighted by molar-refractivity contribution is -0.117. The Labute approximate surface area is 263 Å². The van der Waals surface area contributed by atoms with Gasteiger partial charge in [0.05, 0.1) is 30.7 Å². The molecular weight excluding hydrogens is 608 g/mol. The molecule has 0 saturated carbocycles. The number of azide groups is 1. The van der Waals surface area contributed by atoms with Crippen molar-refractivity contribution in [3.8, 4) is 0 Å². The molecule has 2 aromatic carbocycles. The summed E-state index contributed by atoms with van der Waals surface area (Å²) in [5, 5.41) is 6.18. The fraction of sp³-hybridized carbons (Fsp3) is 0.406. The van der Waals surface area contributed by atoms with Crippen LogP contribution in [0.2, 0.25) is 0 Å². The second kappa shape index (κ2) is 13.8. The first kappa shape index (κ1) is 34.2. The number of aromatic nitrogens is 1. The summed E-state index contributed by atoms with van der Waals surface area (Å²) in [6.07, 6.45) is 1.82. The van der Waals surface area contributed by atoms with E-state index in [1.54, 1.807) is 34.6 Å². The molecule has 4 rings (SSSR count). The van der Waals surface area contributed by atoms with Gasteiger partial charge in [-0.15, -0.1) is 0 Å². The van der Waals surface area contributed by atoms with Crippen LogP contribution in [-0.4, -0.2) is 51.9 Å². The highest BCUT2D eigenvalue weighted by Crippen LogP contribution is 2.35. The molecule has 1 aliphatic rings. The van der Waals surface area contributed by atoms with Crippen molar-refractivity contribution in [1.29, 1.82) is 0 Å².